The minimum absolute atomic E-state index is 0.0564. The second-order valence-corrected chi connectivity index (χ2v) is 8.25. The third-order valence-electron chi connectivity index (χ3n) is 6.06. The van der Waals surface area contributed by atoms with Crippen molar-refractivity contribution in [3.05, 3.63) is 47.5 Å². The molecule has 0 saturated carbocycles. The largest absolute Gasteiger partial charge is 0.345 e. The molecular weight excluding hydrogens is 394 g/mol. The molecule has 162 valence electrons. The van der Waals surface area contributed by atoms with Crippen LogP contribution in [0.25, 0.3) is 10.8 Å². The Morgan fingerprint density at radius 1 is 0.968 bits per heavy atom. The molecule has 1 atom stereocenters. The van der Waals surface area contributed by atoms with E-state index in [0.717, 1.165) is 37.7 Å². The van der Waals surface area contributed by atoms with Gasteiger partial charge in [-0.15, -0.1) is 0 Å². The summed E-state index contributed by atoms with van der Waals surface area (Å²) >= 11 is 0. The van der Waals surface area contributed by atoms with Crippen LogP contribution in [0.3, 0.4) is 0 Å². The molecule has 2 aromatic carbocycles. The van der Waals surface area contributed by atoms with E-state index in [9.17, 15) is 19.2 Å². The van der Waals surface area contributed by atoms with E-state index in [1.165, 1.54) is 4.90 Å². The first-order valence-corrected chi connectivity index (χ1v) is 10.9. The van der Waals surface area contributed by atoms with Gasteiger partial charge >= 0.3 is 0 Å². The highest BCUT2D eigenvalue weighted by Gasteiger charge is 2.32. The minimum atomic E-state index is -0.576. The molecule has 1 fully saturated rings. The first-order valence-electron chi connectivity index (χ1n) is 10.9. The van der Waals surface area contributed by atoms with Crippen LogP contribution in [0.1, 0.15) is 59.7 Å². The number of hydrogen-bond donors (Lipinski definition) is 1. The van der Waals surface area contributed by atoms with Crippen LogP contribution in [0, 0.1) is 0 Å². The summed E-state index contributed by atoms with van der Waals surface area (Å²) in [5.41, 5.74) is 1.02. The van der Waals surface area contributed by atoms with Gasteiger partial charge in [0.2, 0.25) is 11.8 Å². The Balaban J connectivity index is 1.33. The first kappa shape index (κ1) is 21.0. The molecule has 7 heteroatoms. The van der Waals surface area contributed by atoms with Crippen molar-refractivity contribution in [2.75, 3.05) is 19.6 Å². The molecular formula is C24H27N3O4. The highest BCUT2D eigenvalue weighted by Crippen LogP contribution is 2.30. The maximum absolute atomic E-state index is 12.9. The van der Waals surface area contributed by atoms with Gasteiger partial charge < -0.3 is 10.2 Å². The highest BCUT2D eigenvalue weighted by molar-refractivity contribution is 6.25. The number of rotatable bonds is 6. The SMILES string of the molecule is C[C@H](NC(=O)CCCN1C(=O)c2cccc3cccc(c23)C1=O)C(=O)N1CCCCC1. The van der Waals surface area contributed by atoms with Gasteiger partial charge in [0.05, 0.1) is 0 Å². The van der Waals surface area contributed by atoms with Crippen molar-refractivity contribution >= 4 is 34.4 Å². The van der Waals surface area contributed by atoms with Gasteiger partial charge in [-0.2, -0.15) is 0 Å². The normalized spacial score (nSPS) is 17.1. The van der Waals surface area contributed by atoms with Crippen molar-refractivity contribution in [1.29, 1.82) is 0 Å². The van der Waals surface area contributed by atoms with E-state index in [0.29, 0.717) is 22.9 Å². The van der Waals surface area contributed by atoms with Crippen LogP contribution >= 0.6 is 0 Å². The fourth-order valence-electron chi connectivity index (χ4n) is 4.44. The quantitative estimate of drug-likeness (QED) is 0.727. The monoisotopic (exact) mass is 421 g/mol. The molecule has 0 aromatic heterocycles. The molecule has 0 radical (unpaired) electrons. The molecule has 1 saturated heterocycles. The van der Waals surface area contributed by atoms with Crippen molar-refractivity contribution in [2.45, 2.75) is 45.1 Å². The number of hydrogen-bond acceptors (Lipinski definition) is 4. The number of carbonyl (C=O) groups excluding carboxylic acids is 4. The van der Waals surface area contributed by atoms with Crippen molar-refractivity contribution in [1.82, 2.24) is 15.1 Å². The lowest BCUT2D eigenvalue weighted by Gasteiger charge is -2.29. The van der Waals surface area contributed by atoms with Crippen LogP contribution < -0.4 is 5.32 Å². The predicted octanol–water partition coefficient (Wildman–Crippen LogP) is 2.73. The summed E-state index contributed by atoms with van der Waals surface area (Å²) in [6.07, 6.45) is 3.62. The summed E-state index contributed by atoms with van der Waals surface area (Å²) < 4.78 is 0. The van der Waals surface area contributed by atoms with Crippen LogP contribution in [0.2, 0.25) is 0 Å². The number of likely N-dealkylation sites (tertiary alicyclic amines) is 1. The summed E-state index contributed by atoms with van der Waals surface area (Å²) in [7, 11) is 0. The molecule has 7 nitrogen and oxygen atoms in total. The summed E-state index contributed by atoms with van der Waals surface area (Å²) in [5.74, 6) is -0.969. The number of imide groups is 1. The van der Waals surface area contributed by atoms with Crippen molar-refractivity contribution in [2.24, 2.45) is 0 Å². The zero-order valence-electron chi connectivity index (χ0n) is 17.7. The zero-order chi connectivity index (χ0) is 22.0. The van der Waals surface area contributed by atoms with E-state index in [4.69, 9.17) is 0 Å². The molecule has 0 aliphatic carbocycles. The molecule has 2 aliphatic heterocycles. The smallest absolute Gasteiger partial charge is 0.261 e. The lowest BCUT2D eigenvalue weighted by Crippen LogP contribution is -2.48. The molecule has 1 N–H and O–H groups in total. The standard InChI is InChI=1S/C24H27N3O4/c1-16(22(29)26-13-3-2-4-14-26)25-20(28)12-7-15-27-23(30)18-10-5-8-17-9-6-11-19(21(17)18)24(27)31/h5-6,8-11,16H,2-4,7,12-15H2,1H3,(H,25,28)/t16-/m0/s1. The maximum Gasteiger partial charge on any atom is 0.261 e. The van der Waals surface area contributed by atoms with Gasteiger partial charge in [0.1, 0.15) is 6.04 Å². The fraction of sp³-hybridized carbons (Fsp3) is 0.417. The second-order valence-electron chi connectivity index (χ2n) is 8.25. The number of carbonyl (C=O) groups is 4. The molecule has 4 amide bonds. The van der Waals surface area contributed by atoms with E-state index in [1.54, 1.807) is 24.0 Å². The number of nitrogens with zero attached hydrogens (tertiary/aromatic N) is 2. The van der Waals surface area contributed by atoms with Crippen molar-refractivity contribution in [3.63, 3.8) is 0 Å². The number of piperidine rings is 1. The van der Waals surface area contributed by atoms with Crippen molar-refractivity contribution < 1.29 is 19.2 Å². The Morgan fingerprint density at radius 2 is 1.58 bits per heavy atom. The number of amides is 4. The Morgan fingerprint density at radius 3 is 2.19 bits per heavy atom. The van der Waals surface area contributed by atoms with Gasteiger partial charge in [-0.25, -0.2) is 0 Å². The van der Waals surface area contributed by atoms with Gasteiger partial charge in [0.15, 0.2) is 0 Å². The molecule has 0 unspecified atom stereocenters. The van der Waals surface area contributed by atoms with Gasteiger partial charge in [-0.05, 0) is 50.1 Å². The Kier molecular flexibility index (Phi) is 6.02. The Hall–Kier alpha value is -3.22. The lowest BCUT2D eigenvalue weighted by molar-refractivity contribution is -0.136. The molecule has 4 rings (SSSR count). The molecule has 0 spiro atoms. The summed E-state index contributed by atoms with van der Waals surface area (Å²) in [5, 5.41) is 4.31. The molecule has 0 bridgehead atoms. The predicted molar refractivity (Wildman–Crippen MR) is 117 cm³/mol. The minimum Gasteiger partial charge on any atom is -0.345 e. The second kappa shape index (κ2) is 8.88. The number of nitrogens with one attached hydrogen (secondary N) is 1. The first-order chi connectivity index (χ1) is 15.0. The summed E-state index contributed by atoms with van der Waals surface area (Å²) in [6.45, 7) is 3.34. The lowest BCUT2D eigenvalue weighted by atomic mass is 9.94. The molecule has 31 heavy (non-hydrogen) atoms. The van der Waals surface area contributed by atoms with Crippen LogP contribution in [0.15, 0.2) is 36.4 Å². The molecule has 2 aromatic rings. The van der Waals surface area contributed by atoms with E-state index in [2.05, 4.69) is 5.32 Å². The van der Waals surface area contributed by atoms with E-state index >= 15 is 0 Å². The third kappa shape index (κ3) is 4.17. The van der Waals surface area contributed by atoms with Gasteiger partial charge in [0, 0.05) is 42.6 Å². The highest BCUT2D eigenvalue weighted by atomic mass is 16.2. The van der Waals surface area contributed by atoms with Gasteiger partial charge in [0.25, 0.3) is 11.8 Å². The molecule has 2 heterocycles. The van der Waals surface area contributed by atoms with E-state index in [1.807, 2.05) is 24.3 Å². The van der Waals surface area contributed by atoms with E-state index < -0.39 is 6.04 Å². The van der Waals surface area contributed by atoms with Gasteiger partial charge in [-0.3, -0.25) is 24.1 Å². The topological polar surface area (TPSA) is 86.8 Å². The van der Waals surface area contributed by atoms with Crippen LogP contribution in [0.5, 0.6) is 0 Å². The Bertz CT molecular complexity index is 992. The fourth-order valence-corrected chi connectivity index (χ4v) is 4.44. The van der Waals surface area contributed by atoms with Gasteiger partial charge in [-0.1, -0.05) is 24.3 Å². The van der Waals surface area contributed by atoms with Crippen LogP contribution in [-0.4, -0.2) is 59.1 Å². The van der Waals surface area contributed by atoms with Crippen LogP contribution in [0.4, 0.5) is 0 Å². The van der Waals surface area contributed by atoms with Crippen molar-refractivity contribution in [3.8, 4) is 0 Å². The average molecular weight is 421 g/mol. The maximum atomic E-state index is 12.9. The zero-order valence-corrected chi connectivity index (χ0v) is 17.7. The summed E-state index contributed by atoms with van der Waals surface area (Å²) in [4.78, 5) is 53.6. The Labute approximate surface area is 181 Å². The van der Waals surface area contributed by atoms with E-state index in [-0.39, 0.29) is 36.6 Å². The summed E-state index contributed by atoms with van der Waals surface area (Å²) in [6, 6.07) is 10.3. The molecule has 2 aliphatic rings. The average Bonchev–Trinajstić information content (AvgIpc) is 2.79. The third-order valence-corrected chi connectivity index (χ3v) is 6.06. The van der Waals surface area contributed by atoms with Crippen LogP contribution in [-0.2, 0) is 9.59 Å². The number of benzene rings is 2.